The molecule has 0 unspecified atom stereocenters. The Hall–Kier alpha value is -4.16. The van der Waals surface area contributed by atoms with Crippen molar-refractivity contribution in [2.45, 2.75) is 78.7 Å². The molecule has 0 atom stereocenters. The predicted molar refractivity (Wildman–Crippen MR) is 185 cm³/mol. The van der Waals surface area contributed by atoms with Crippen LogP contribution in [0.25, 0.3) is 0 Å². The highest BCUT2D eigenvalue weighted by Crippen LogP contribution is 2.40. The van der Waals surface area contributed by atoms with Gasteiger partial charge in [-0.2, -0.15) is 0 Å². The number of fused-ring (bicyclic) bond motifs is 2. The Morgan fingerprint density at radius 1 is 1.02 bits per heavy atom. The van der Waals surface area contributed by atoms with Crippen molar-refractivity contribution < 1.29 is 23.1 Å². The normalized spacial score (nSPS) is 13.2. The number of amides is 2. The van der Waals surface area contributed by atoms with Crippen molar-refractivity contribution in [3.05, 3.63) is 65.1 Å². The third-order valence-electron chi connectivity index (χ3n) is 8.08. The van der Waals surface area contributed by atoms with Crippen molar-refractivity contribution in [1.29, 1.82) is 0 Å². The number of carbonyl (C=O) groups excluding carboxylic acids is 2. The number of nitrogens with zero attached hydrogens (tertiary/aromatic N) is 2. The lowest BCUT2D eigenvalue weighted by atomic mass is 10.1. The number of pyridine rings is 1. The summed E-state index contributed by atoms with van der Waals surface area (Å²) in [5.74, 6) is 0.133. The second-order valence-corrected chi connectivity index (χ2v) is 19.0. The maximum Gasteiger partial charge on any atom is 0.407 e. The molecule has 4 N–H and O–H groups in total. The molecular formula is C34H47FN6O4Si. The van der Waals surface area contributed by atoms with Crippen LogP contribution in [0.5, 0.6) is 5.75 Å². The summed E-state index contributed by atoms with van der Waals surface area (Å²) in [4.78, 5) is 32.0. The number of aromatic nitrogens is 1. The molecule has 0 aliphatic carbocycles. The van der Waals surface area contributed by atoms with E-state index < -0.39 is 25.8 Å². The molecule has 12 heteroatoms. The highest BCUT2D eigenvalue weighted by atomic mass is 28.4. The highest BCUT2D eigenvalue weighted by Gasteiger charge is 2.39. The first-order valence-corrected chi connectivity index (χ1v) is 18.4. The van der Waals surface area contributed by atoms with Crippen LogP contribution in [-0.4, -0.2) is 55.9 Å². The number of hydrogen-bond acceptors (Lipinski definition) is 8. The van der Waals surface area contributed by atoms with Gasteiger partial charge in [0.25, 0.3) is 5.91 Å². The average Bonchev–Trinajstić information content (AvgIpc) is 3.05. The molecule has 2 amide bonds. The molecule has 0 spiro atoms. The van der Waals surface area contributed by atoms with Crippen molar-refractivity contribution in [3.63, 3.8) is 0 Å². The maximum absolute atomic E-state index is 15.3. The Morgan fingerprint density at radius 3 is 2.41 bits per heavy atom. The van der Waals surface area contributed by atoms with Crippen LogP contribution >= 0.6 is 0 Å². The Kier molecular flexibility index (Phi) is 10.0. The fourth-order valence-corrected chi connectivity index (χ4v) is 5.67. The van der Waals surface area contributed by atoms with Crippen LogP contribution in [0.15, 0.2) is 42.6 Å². The number of rotatable bonds is 9. The number of benzene rings is 2. The number of ether oxygens (including phenoxy) is 1. The van der Waals surface area contributed by atoms with Gasteiger partial charge in [-0.25, -0.2) is 14.2 Å². The molecule has 4 rings (SSSR count). The smallest absolute Gasteiger partial charge is 0.407 e. The van der Waals surface area contributed by atoms with Gasteiger partial charge in [-0.1, -0.05) is 26.8 Å². The van der Waals surface area contributed by atoms with Crippen molar-refractivity contribution in [2.24, 2.45) is 0 Å². The molecule has 1 aromatic heterocycles. The fraction of sp³-hybridized carbons (Fsp3) is 0.441. The first kappa shape index (κ1) is 34.7. The Labute approximate surface area is 272 Å². The largest absolute Gasteiger partial charge is 0.543 e. The molecular weight excluding hydrogens is 603 g/mol. The van der Waals surface area contributed by atoms with Gasteiger partial charge in [0.15, 0.2) is 0 Å². The van der Waals surface area contributed by atoms with Crippen LogP contribution < -0.4 is 25.7 Å². The van der Waals surface area contributed by atoms with Crippen molar-refractivity contribution >= 4 is 48.9 Å². The summed E-state index contributed by atoms with van der Waals surface area (Å²) < 4.78 is 27.1. The van der Waals surface area contributed by atoms with E-state index >= 15 is 4.39 Å². The van der Waals surface area contributed by atoms with E-state index in [1.807, 2.05) is 52.9 Å². The van der Waals surface area contributed by atoms with Gasteiger partial charge in [0.1, 0.15) is 28.5 Å². The molecule has 248 valence electrons. The zero-order chi connectivity index (χ0) is 34.0. The van der Waals surface area contributed by atoms with Crippen molar-refractivity contribution in [3.8, 4) is 5.75 Å². The first-order valence-electron chi connectivity index (χ1n) is 15.4. The molecule has 0 fully saturated rings. The monoisotopic (exact) mass is 650 g/mol. The lowest BCUT2D eigenvalue weighted by Crippen LogP contribution is -2.44. The van der Waals surface area contributed by atoms with E-state index in [9.17, 15) is 9.59 Å². The van der Waals surface area contributed by atoms with E-state index in [1.54, 1.807) is 18.3 Å². The summed E-state index contributed by atoms with van der Waals surface area (Å²) in [5.41, 5.74) is 3.26. The maximum atomic E-state index is 15.3. The second-order valence-electron chi connectivity index (χ2n) is 14.3. The third-order valence-corrected chi connectivity index (χ3v) is 12.4. The molecule has 1 aliphatic heterocycles. The molecule has 1 aliphatic rings. The van der Waals surface area contributed by atoms with Crippen LogP contribution in [0.4, 0.5) is 37.8 Å². The first-order chi connectivity index (χ1) is 21.3. The summed E-state index contributed by atoms with van der Waals surface area (Å²) in [6.07, 6.45) is 1.12. The van der Waals surface area contributed by atoms with Crippen LogP contribution in [0.2, 0.25) is 18.1 Å². The summed E-state index contributed by atoms with van der Waals surface area (Å²) in [5, 5.41) is 12.1. The number of aryl methyl sites for hydroxylation is 1. The third kappa shape index (κ3) is 8.55. The fourth-order valence-electron chi connectivity index (χ4n) is 4.59. The summed E-state index contributed by atoms with van der Waals surface area (Å²) >= 11 is 0. The van der Waals surface area contributed by atoms with Crippen LogP contribution in [0.3, 0.4) is 0 Å². The minimum atomic E-state index is -2.18. The van der Waals surface area contributed by atoms with E-state index in [0.29, 0.717) is 53.8 Å². The number of nitrogens with one attached hydrogen (secondary N) is 4. The molecule has 3 aromatic rings. The molecule has 2 aromatic carbocycles. The van der Waals surface area contributed by atoms with Crippen molar-refractivity contribution in [1.82, 2.24) is 15.2 Å². The standard InChI is InChI=1S/C34H47FN6O4Si/c1-21-17-23(35)26(19-28(21)45-46(9,10)34(5,6)7)38-25-13-14-36-30-29(25)31(42)40-27-18-22(11-12-24(27)39-30)20-41(8)16-15-37-32(43)44-33(2,3)4/h11-14,17-19H,15-16,20H2,1-10H3,(H,37,43)(H,40,42)(H2,36,38,39). The number of carbonyl (C=O) groups is 2. The number of halogens is 1. The van der Waals surface area contributed by atoms with Gasteiger partial charge in [0.2, 0.25) is 8.32 Å². The SMILES string of the molecule is Cc1cc(F)c(Nc2ccnc3c2C(=O)Nc2cc(CN(C)CCNC(=O)OC(C)(C)C)ccc2N3)cc1O[Si](C)(C)C(C)(C)C. The Morgan fingerprint density at radius 2 is 1.74 bits per heavy atom. The minimum Gasteiger partial charge on any atom is -0.543 e. The summed E-state index contributed by atoms with van der Waals surface area (Å²) in [6, 6.07) is 10.5. The lowest BCUT2D eigenvalue weighted by molar-refractivity contribution is 0.0523. The number of alkyl carbamates (subject to hydrolysis) is 1. The molecule has 0 bridgehead atoms. The lowest BCUT2D eigenvalue weighted by Gasteiger charge is -2.37. The number of hydrogen-bond donors (Lipinski definition) is 4. The Balaban J connectivity index is 1.49. The minimum absolute atomic E-state index is 0.0309. The van der Waals surface area contributed by atoms with Gasteiger partial charge in [-0.15, -0.1) is 0 Å². The topological polar surface area (TPSA) is 117 Å². The van der Waals surface area contributed by atoms with Gasteiger partial charge >= 0.3 is 6.09 Å². The van der Waals surface area contributed by atoms with Gasteiger partial charge in [-0.05, 0) is 88.3 Å². The number of anilines is 5. The van der Waals surface area contributed by atoms with E-state index in [2.05, 4.69) is 65.0 Å². The van der Waals surface area contributed by atoms with E-state index in [4.69, 9.17) is 9.16 Å². The van der Waals surface area contributed by atoms with Gasteiger partial charge < -0.3 is 35.3 Å². The Bertz CT molecular complexity index is 1620. The van der Waals surface area contributed by atoms with Crippen LogP contribution in [0, 0.1) is 12.7 Å². The van der Waals surface area contributed by atoms with E-state index in [0.717, 1.165) is 5.56 Å². The highest BCUT2D eigenvalue weighted by molar-refractivity contribution is 6.74. The van der Waals surface area contributed by atoms with Gasteiger partial charge in [0, 0.05) is 31.9 Å². The number of likely N-dealkylation sites (N-methyl/N-ethyl adjacent to an activating group) is 1. The van der Waals surface area contributed by atoms with Gasteiger partial charge in [-0.3, -0.25) is 4.79 Å². The van der Waals surface area contributed by atoms with Crippen LogP contribution in [0.1, 0.15) is 63.0 Å². The zero-order valence-corrected chi connectivity index (χ0v) is 29.6. The van der Waals surface area contributed by atoms with E-state index in [-0.39, 0.29) is 22.2 Å². The molecule has 10 nitrogen and oxygen atoms in total. The summed E-state index contributed by atoms with van der Waals surface area (Å²) in [7, 11) is -0.232. The van der Waals surface area contributed by atoms with E-state index in [1.165, 1.54) is 6.07 Å². The van der Waals surface area contributed by atoms with Gasteiger partial charge in [0.05, 0.1) is 22.7 Å². The molecule has 2 heterocycles. The molecule has 0 radical (unpaired) electrons. The second kappa shape index (κ2) is 13.3. The van der Waals surface area contributed by atoms with Crippen LogP contribution in [-0.2, 0) is 11.3 Å². The average molecular weight is 651 g/mol. The molecule has 0 saturated carbocycles. The predicted octanol–water partition coefficient (Wildman–Crippen LogP) is 7.92. The summed E-state index contributed by atoms with van der Waals surface area (Å²) in [6.45, 7) is 19.7. The van der Waals surface area contributed by atoms with Crippen molar-refractivity contribution in [2.75, 3.05) is 36.1 Å². The molecule has 46 heavy (non-hydrogen) atoms. The quantitative estimate of drug-likeness (QED) is 0.173. The molecule has 0 saturated heterocycles. The zero-order valence-electron chi connectivity index (χ0n) is 28.6.